The normalized spacial score (nSPS) is 12.0. The molecule has 0 saturated heterocycles. The van der Waals surface area contributed by atoms with Gasteiger partial charge in [0.1, 0.15) is 23.0 Å². The number of hydrogen-bond donors (Lipinski definition) is 1. The van der Waals surface area contributed by atoms with Gasteiger partial charge in [-0.3, -0.25) is 0 Å². The van der Waals surface area contributed by atoms with Crippen LogP contribution in [0.4, 0.5) is 13.2 Å². The summed E-state index contributed by atoms with van der Waals surface area (Å²) in [6.07, 6.45) is -2.40. The summed E-state index contributed by atoms with van der Waals surface area (Å²) in [7, 11) is 0. The number of carbonyl (C=O) groups is 1. The molecule has 3 aromatic rings. The summed E-state index contributed by atoms with van der Waals surface area (Å²) in [5, 5.41) is 9.43. The lowest BCUT2D eigenvalue weighted by Gasteiger charge is -2.22. The van der Waals surface area contributed by atoms with E-state index in [1.54, 1.807) is 18.2 Å². The maximum absolute atomic E-state index is 12.8. The van der Waals surface area contributed by atoms with E-state index in [0.717, 1.165) is 23.5 Å². The Bertz CT molecular complexity index is 1170. The van der Waals surface area contributed by atoms with Crippen molar-refractivity contribution < 1.29 is 37.0 Å². The van der Waals surface area contributed by atoms with E-state index >= 15 is 0 Å². The number of halogens is 4. The molecule has 3 rings (SSSR count). The standard InChI is InChI=1S/C26H26ClF3O5/c1-4-21-17(14-23(34-21)16-7-9-18(10-8-16)26(28,29)30)6-5-13-33-19-11-12-22(20(27)15-19)35-25(2,3)24(31)32/h7-12,14-15H,4-6,13H2,1-3H3,(H,31,32). The number of furan rings is 1. The Hall–Kier alpha value is -3.13. The summed E-state index contributed by atoms with van der Waals surface area (Å²) >= 11 is 6.21. The van der Waals surface area contributed by atoms with E-state index < -0.39 is 23.3 Å². The molecule has 0 radical (unpaired) electrons. The van der Waals surface area contributed by atoms with Gasteiger partial charge in [-0.2, -0.15) is 13.2 Å². The second-order valence-electron chi connectivity index (χ2n) is 8.45. The Morgan fingerprint density at radius 1 is 1.09 bits per heavy atom. The number of alkyl halides is 3. The maximum Gasteiger partial charge on any atom is 0.416 e. The van der Waals surface area contributed by atoms with E-state index in [0.29, 0.717) is 42.9 Å². The molecule has 188 valence electrons. The first-order chi connectivity index (χ1) is 16.4. The molecule has 0 fully saturated rings. The van der Waals surface area contributed by atoms with Crippen LogP contribution < -0.4 is 9.47 Å². The van der Waals surface area contributed by atoms with Crippen molar-refractivity contribution in [2.75, 3.05) is 6.61 Å². The van der Waals surface area contributed by atoms with Gasteiger partial charge in [-0.25, -0.2) is 4.79 Å². The summed E-state index contributed by atoms with van der Waals surface area (Å²) in [5.41, 5.74) is -0.569. The molecule has 0 aliphatic rings. The van der Waals surface area contributed by atoms with Gasteiger partial charge in [-0.15, -0.1) is 0 Å². The first-order valence-corrected chi connectivity index (χ1v) is 11.4. The molecule has 1 aromatic heterocycles. The van der Waals surface area contributed by atoms with Gasteiger partial charge in [0.25, 0.3) is 0 Å². The Morgan fingerprint density at radius 3 is 2.34 bits per heavy atom. The van der Waals surface area contributed by atoms with Crippen molar-refractivity contribution in [1.82, 2.24) is 0 Å². The molecule has 5 nitrogen and oxygen atoms in total. The van der Waals surface area contributed by atoms with E-state index in [2.05, 4.69) is 0 Å². The zero-order valence-electron chi connectivity index (χ0n) is 19.5. The van der Waals surface area contributed by atoms with Crippen LogP contribution in [0.3, 0.4) is 0 Å². The zero-order valence-corrected chi connectivity index (χ0v) is 20.3. The van der Waals surface area contributed by atoms with Gasteiger partial charge in [0, 0.05) is 18.1 Å². The SMILES string of the molecule is CCc1oc(-c2ccc(C(F)(F)F)cc2)cc1CCCOc1ccc(OC(C)(C)C(=O)O)c(Cl)c1. The van der Waals surface area contributed by atoms with Crippen molar-refractivity contribution in [2.45, 2.75) is 51.8 Å². The lowest BCUT2D eigenvalue weighted by atomic mass is 10.1. The molecule has 0 aliphatic carbocycles. The Kier molecular flexibility index (Phi) is 8.05. The molecular weight excluding hydrogens is 485 g/mol. The molecule has 0 unspecified atom stereocenters. The summed E-state index contributed by atoms with van der Waals surface area (Å²) < 4.78 is 55.5. The topological polar surface area (TPSA) is 68.9 Å². The van der Waals surface area contributed by atoms with Crippen LogP contribution in [-0.2, 0) is 23.8 Å². The third-order valence-electron chi connectivity index (χ3n) is 5.36. The Labute approximate surface area is 206 Å². The fourth-order valence-electron chi connectivity index (χ4n) is 3.37. The van der Waals surface area contributed by atoms with Gasteiger partial charge in [-0.1, -0.05) is 30.7 Å². The van der Waals surface area contributed by atoms with Crippen LogP contribution in [0, 0.1) is 0 Å². The van der Waals surface area contributed by atoms with Gasteiger partial charge in [0.05, 0.1) is 17.2 Å². The van der Waals surface area contributed by atoms with E-state index in [1.807, 2.05) is 13.0 Å². The number of rotatable bonds is 10. The molecule has 9 heteroatoms. The monoisotopic (exact) mass is 510 g/mol. The highest BCUT2D eigenvalue weighted by atomic mass is 35.5. The largest absolute Gasteiger partial charge is 0.494 e. The van der Waals surface area contributed by atoms with Gasteiger partial charge >= 0.3 is 12.1 Å². The molecule has 0 atom stereocenters. The first-order valence-electron chi connectivity index (χ1n) is 11.0. The quantitative estimate of drug-likeness (QED) is 0.287. The Balaban J connectivity index is 1.58. The summed E-state index contributed by atoms with van der Waals surface area (Å²) in [4.78, 5) is 11.2. The van der Waals surface area contributed by atoms with Gasteiger partial charge < -0.3 is 19.0 Å². The minimum absolute atomic E-state index is 0.237. The van der Waals surface area contributed by atoms with Crippen molar-refractivity contribution in [3.63, 3.8) is 0 Å². The predicted octanol–water partition coefficient (Wildman–Crippen LogP) is 7.43. The lowest BCUT2D eigenvalue weighted by molar-refractivity contribution is -0.152. The van der Waals surface area contributed by atoms with Crippen LogP contribution in [0.5, 0.6) is 11.5 Å². The fraction of sp³-hybridized carbons (Fsp3) is 0.346. The number of benzene rings is 2. The average Bonchev–Trinajstić information content (AvgIpc) is 3.21. The highest BCUT2D eigenvalue weighted by Gasteiger charge is 2.31. The van der Waals surface area contributed by atoms with Crippen molar-refractivity contribution in [3.8, 4) is 22.8 Å². The van der Waals surface area contributed by atoms with Crippen molar-refractivity contribution in [1.29, 1.82) is 0 Å². The molecule has 1 heterocycles. The Morgan fingerprint density at radius 2 is 1.77 bits per heavy atom. The van der Waals surface area contributed by atoms with Crippen molar-refractivity contribution >= 4 is 17.6 Å². The van der Waals surface area contributed by atoms with Gasteiger partial charge in [0.2, 0.25) is 0 Å². The van der Waals surface area contributed by atoms with E-state index in [4.69, 9.17) is 25.5 Å². The van der Waals surface area contributed by atoms with Crippen LogP contribution >= 0.6 is 11.6 Å². The maximum atomic E-state index is 12.8. The van der Waals surface area contributed by atoms with Crippen molar-refractivity contribution in [3.05, 3.63) is 70.4 Å². The molecule has 0 bridgehead atoms. The summed E-state index contributed by atoms with van der Waals surface area (Å²) in [5.74, 6) is 0.960. The third-order valence-corrected chi connectivity index (χ3v) is 5.65. The average molecular weight is 511 g/mol. The zero-order chi connectivity index (χ0) is 25.8. The highest BCUT2D eigenvalue weighted by Crippen LogP contribution is 2.33. The van der Waals surface area contributed by atoms with Crippen molar-refractivity contribution in [2.24, 2.45) is 0 Å². The van der Waals surface area contributed by atoms with E-state index in [1.165, 1.54) is 26.0 Å². The number of aryl methyl sites for hydroxylation is 2. The highest BCUT2D eigenvalue weighted by molar-refractivity contribution is 6.32. The second-order valence-corrected chi connectivity index (χ2v) is 8.86. The van der Waals surface area contributed by atoms with Crippen LogP contribution in [0.25, 0.3) is 11.3 Å². The number of hydrogen-bond acceptors (Lipinski definition) is 4. The minimum atomic E-state index is -4.38. The molecular formula is C26H26ClF3O5. The molecule has 0 amide bonds. The number of carboxylic acid groups (broad SMARTS) is 1. The van der Waals surface area contributed by atoms with E-state index in [-0.39, 0.29) is 10.8 Å². The van der Waals surface area contributed by atoms with Crippen LogP contribution in [-0.4, -0.2) is 23.3 Å². The number of carboxylic acids is 1. The van der Waals surface area contributed by atoms with Crippen LogP contribution in [0.2, 0.25) is 5.02 Å². The molecule has 1 N–H and O–H groups in total. The summed E-state index contributed by atoms with van der Waals surface area (Å²) in [6, 6.07) is 11.5. The molecule has 35 heavy (non-hydrogen) atoms. The van der Waals surface area contributed by atoms with Crippen LogP contribution in [0.15, 0.2) is 52.9 Å². The number of ether oxygens (including phenoxy) is 2. The third kappa shape index (κ3) is 6.72. The van der Waals surface area contributed by atoms with E-state index in [9.17, 15) is 23.1 Å². The molecule has 0 aliphatic heterocycles. The molecule has 0 saturated carbocycles. The van der Waals surface area contributed by atoms with Crippen LogP contribution in [0.1, 0.15) is 44.1 Å². The summed E-state index contributed by atoms with van der Waals surface area (Å²) in [6.45, 7) is 5.20. The smallest absolute Gasteiger partial charge is 0.416 e. The fourth-order valence-corrected chi connectivity index (χ4v) is 3.58. The molecule has 2 aromatic carbocycles. The number of aliphatic carboxylic acids is 1. The second kappa shape index (κ2) is 10.6. The van der Waals surface area contributed by atoms with Gasteiger partial charge in [-0.05, 0) is 62.6 Å². The molecule has 0 spiro atoms. The lowest BCUT2D eigenvalue weighted by Crippen LogP contribution is -2.37. The van der Waals surface area contributed by atoms with Gasteiger partial charge in [0.15, 0.2) is 5.60 Å². The predicted molar refractivity (Wildman–Crippen MR) is 126 cm³/mol. The minimum Gasteiger partial charge on any atom is -0.494 e. The first kappa shape index (κ1) is 26.5.